The first-order chi connectivity index (χ1) is 12.9. The summed E-state index contributed by atoms with van der Waals surface area (Å²) in [5, 5.41) is 7.11. The number of nitrogens with one attached hydrogen (secondary N) is 2. The van der Waals surface area contributed by atoms with Gasteiger partial charge in [-0.15, -0.1) is 0 Å². The van der Waals surface area contributed by atoms with Crippen LogP contribution < -0.4 is 10.6 Å². The lowest BCUT2D eigenvalue weighted by molar-refractivity contribution is 0.0513. The second-order valence-electron chi connectivity index (χ2n) is 7.57. The molecule has 0 spiro atoms. The van der Waals surface area contributed by atoms with Crippen LogP contribution in [0.15, 0.2) is 24.3 Å². The second kappa shape index (κ2) is 6.97. The Morgan fingerprint density at radius 2 is 1.96 bits per heavy atom. The molecule has 1 aliphatic carbocycles. The van der Waals surface area contributed by atoms with Gasteiger partial charge < -0.3 is 15.4 Å². The lowest BCUT2D eigenvalue weighted by atomic mass is 9.97. The number of benzene rings is 1. The molecule has 0 saturated heterocycles. The van der Waals surface area contributed by atoms with Crippen molar-refractivity contribution in [3.05, 3.63) is 52.5 Å². The molecule has 0 amide bonds. The lowest BCUT2D eigenvalue weighted by Gasteiger charge is -2.27. The highest BCUT2D eigenvalue weighted by Gasteiger charge is 2.29. The molecular formula is C21H26N4O. The summed E-state index contributed by atoms with van der Waals surface area (Å²) in [6.45, 7) is 3.56. The minimum absolute atomic E-state index is 0.0962. The molecule has 3 heterocycles. The van der Waals surface area contributed by atoms with Crippen molar-refractivity contribution in [2.75, 3.05) is 31.6 Å². The van der Waals surface area contributed by atoms with Crippen molar-refractivity contribution >= 4 is 5.82 Å². The predicted octanol–water partition coefficient (Wildman–Crippen LogP) is 2.77. The Hall–Kier alpha value is -1.98. The lowest BCUT2D eigenvalue weighted by Crippen LogP contribution is -2.24. The van der Waals surface area contributed by atoms with Gasteiger partial charge in [-0.25, -0.2) is 9.97 Å². The number of anilines is 1. The van der Waals surface area contributed by atoms with E-state index in [2.05, 4.69) is 34.9 Å². The average molecular weight is 350 g/mol. The number of ether oxygens (including phenoxy) is 1. The SMILES string of the molecule is c1ccc2c(c1)CCO[C@@H]2CNc1nc(C2CC2)nc2c1CCNCC2. The standard InChI is InChI=1S/C21H26N4O/c1-2-4-16-14(3-1)9-12-26-19(16)13-23-21-17-7-10-22-11-8-18(17)24-20(25-21)15-5-6-15/h1-4,15,19,22H,5-13H2,(H,23,24,25)/t19-/m1/s1. The van der Waals surface area contributed by atoms with E-state index >= 15 is 0 Å². The van der Waals surface area contributed by atoms with Crippen LogP contribution in [0.4, 0.5) is 5.82 Å². The van der Waals surface area contributed by atoms with Crippen molar-refractivity contribution < 1.29 is 4.74 Å². The molecule has 2 aromatic rings. The Balaban J connectivity index is 1.41. The number of hydrogen-bond donors (Lipinski definition) is 2. The largest absolute Gasteiger partial charge is 0.371 e. The third-order valence-electron chi connectivity index (χ3n) is 5.69. The van der Waals surface area contributed by atoms with Crippen molar-refractivity contribution in [3.63, 3.8) is 0 Å². The van der Waals surface area contributed by atoms with Crippen LogP contribution in [0.3, 0.4) is 0 Å². The van der Waals surface area contributed by atoms with Crippen LogP contribution in [0.25, 0.3) is 0 Å². The van der Waals surface area contributed by atoms with E-state index in [1.54, 1.807) is 0 Å². The fourth-order valence-electron chi connectivity index (χ4n) is 4.07. The summed E-state index contributed by atoms with van der Waals surface area (Å²) in [4.78, 5) is 9.83. The maximum absolute atomic E-state index is 6.07. The first kappa shape index (κ1) is 16.2. The second-order valence-corrected chi connectivity index (χ2v) is 7.57. The highest BCUT2D eigenvalue weighted by atomic mass is 16.5. The summed E-state index contributed by atoms with van der Waals surface area (Å²) in [6, 6.07) is 8.64. The van der Waals surface area contributed by atoms with Crippen molar-refractivity contribution in [2.24, 2.45) is 0 Å². The van der Waals surface area contributed by atoms with Crippen molar-refractivity contribution in [1.82, 2.24) is 15.3 Å². The van der Waals surface area contributed by atoms with Gasteiger partial charge in [0.25, 0.3) is 0 Å². The molecule has 1 fully saturated rings. The van der Waals surface area contributed by atoms with Crippen LogP contribution in [0.5, 0.6) is 0 Å². The molecular weight excluding hydrogens is 324 g/mol. The molecule has 1 atom stereocenters. The summed E-state index contributed by atoms with van der Waals surface area (Å²) in [5.41, 5.74) is 5.26. The monoisotopic (exact) mass is 350 g/mol. The molecule has 1 aromatic carbocycles. The Labute approximate surface area is 154 Å². The van der Waals surface area contributed by atoms with Gasteiger partial charge >= 0.3 is 0 Å². The zero-order valence-corrected chi connectivity index (χ0v) is 15.1. The van der Waals surface area contributed by atoms with Gasteiger partial charge in [-0.1, -0.05) is 24.3 Å². The molecule has 0 bridgehead atoms. The molecule has 5 heteroatoms. The minimum Gasteiger partial charge on any atom is -0.371 e. The van der Waals surface area contributed by atoms with Gasteiger partial charge in [-0.05, 0) is 43.4 Å². The fraction of sp³-hybridized carbons (Fsp3) is 0.524. The third-order valence-corrected chi connectivity index (χ3v) is 5.69. The topological polar surface area (TPSA) is 59.1 Å². The van der Waals surface area contributed by atoms with E-state index < -0.39 is 0 Å². The van der Waals surface area contributed by atoms with Gasteiger partial charge in [0.2, 0.25) is 0 Å². The van der Waals surface area contributed by atoms with E-state index in [-0.39, 0.29) is 6.10 Å². The highest BCUT2D eigenvalue weighted by Crippen LogP contribution is 2.39. The van der Waals surface area contributed by atoms with E-state index in [0.29, 0.717) is 5.92 Å². The third kappa shape index (κ3) is 3.21. The number of rotatable bonds is 4. The van der Waals surface area contributed by atoms with Crippen LogP contribution in [0.1, 0.15) is 53.1 Å². The first-order valence-corrected chi connectivity index (χ1v) is 9.92. The van der Waals surface area contributed by atoms with Crippen LogP contribution in [-0.4, -0.2) is 36.2 Å². The molecule has 2 N–H and O–H groups in total. The summed E-state index contributed by atoms with van der Waals surface area (Å²) >= 11 is 0. The Morgan fingerprint density at radius 3 is 2.88 bits per heavy atom. The summed E-state index contributed by atoms with van der Waals surface area (Å²) in [7, 11) is 0. The van der Waals surface area contributed by atoms with E-state index in [1.165, 1.54) is 35.2 Å². The van der Waals surface area contributed by atoms with Gasteiger partial charge in [-0.2, -0.15) is 0 Å². The zero-order valence-electron chi connectivity index (χ0n) is 15.1. The zero-order chi connectivity index (χ0) is 17.3. The Morgan fingerprint density at radius 1 is 1.08 bits per heavy atom. The van der Waals surface area contributed by atoms with Gasteiger partial charge in [0.15, 0.2) is 0 Å². The van der Waals surface area contributed by atoms with Gasteiger partial charge in [0.05, 0.1) is 18.4 Å². The fourth-order valence-corrected chi connectivity index (χ4v) is 4.07. The van der Waals surface area contributed by atoms with E-state index in [1.807, 2.05) is 0 Å². The number of fused-ring (bicyclic) bond motifs is 2. The number of nitrogens with zero attached hydrogens (tertiary/aromatic N) is 2. The van der Waals surface area contributed by atoms with Gasteiger partial charge in [0.1, 0.15) is 11.6 Å². The smallest absolute Gasteiger partial charge is 0.134 e. The van der Waals surface area contributed by atoms with Gasteiger partial charge in [0, 0.05) is 31.0 Å². The van der Waals surface area contributed by atoms with Crippen molar-refractivity contribution in [3.8, 4) is 0 Å². The van der Waals surface area contributed by atoms with Crippen LogP contribution in [0.2, 0.25) is 0 Å². The maximum atomic E-state index is 6.07. The molecule has 2 aliphatic heterocycles. The quantitative estimate of drug-likeness (QED) is 0.888. The molecule has 136 valence electrons. The van der Waals surface area contributed by atoms with Crippen LogP contribution in [-0.2, 0) is 24.0 Å². The Bertz CT molecular complexity index is 803. The summed E-state index contributed by atoms with van der Waals surface area (Å²) in [5.74, 6) is 2.65. The molecule has 1 aromatic heterocycles. The van der Waals surface area contributed by atoms with Crippen LogP contribution in [0, 0.1) is 0 Å². The van der Waals surface area contributed by atoms with Crippen molar-refractivity contribution in [2.45, 2.75) is 44.1 Å². The highest BCUT2D eigenvalue weighted by molar-refractivity contribution is 5.49. The maximum Gasteiger partial charge on any atom is 0.134 e. The Kier molecular flexibility index (Phi) is 4.35. The normalized spacial score (nSPS) is 22.2. The number of aromatic nitrogens is 2. The molecule has 0 radical (unpaired) electrons. The van der Waals surface area contributed by atoms with E-state index in [9.17, 15) is 0 Å². The minimum atomic E-state index is 0.0962. The molecule has 5 rings (SSSR count). The molecule has 5 nitrogen and oxygen atoms in total. The summed E-state index contributed by atoms with van der Waals surface area (Å²) in [6.07, 6.45) is 5.55. The molecule has 3 aliphatic rings. The van der Waals surface area contributed by atoms with Crippen molar-refractivity contribution in [1.29, 1.82) is 0 Å². The predicted molar refractivity (Wildman–Crippen MR) is 102 cm³/mol. The van der Waals surface area contributed by atoms with Crippen LogP contribution >= 0.6 is 0 Å². The molecule has 26 heavy (non-hydrogen) atoms. The average Bonchev–Trinajstić information content (AvgIpc) is 3.52. The first-order valence-electron chi connectivity index (χ1n) is 9.92. The van der Waals surface area contributed by atoms with E-state index in [4.69, 9.17) is 14.7 Å². The summed E-state index contributed by atoms with van der Waals surface area (Å²) < 4.78 is 6.07. The molecule has 1 saturated carbocycles. The number of hydrogen-bond acceptors (Lipinski definition) is 5. The van der Waals surface area contributed by atoms with Gasteiger partial charge in [-0.3, -0.25) is 0 Å². The van der Waals surface area contributed by atoms with E-state index in [0.717, 1.165) is 57.1 Å². The molecule has 0 unspecified atom stereocenters.